The van der Waals surface area contributed by atoms with E-state index < -0.39 is 0 Å². The van der Waals surface area contributed by atoms with Gasteiger partial charge in [0.2, 0.25) is 0 Å². The minimum absolute atomic E-state index is 0.101. The Morgan fingerprint density at radius 1 is 1.64 bits per heavy atom. The van der Waals surface area contributed by atoms with Gasteiger partial charge in [-0.15, -0.1) is 0 Å². The van der Waals surface area contributed by atoms with Crippen molar-refractivity contribution in [1.82, 2.24) is 0 Å². The molecule has 0 fully saturated rings. The predicted molar refractivity (Wildman–Crippen MR) is 51.5 cm³/mol. The third-order valence-electron chi connectivity index (χ3n) is 2.35. The molecule has 0 bridgehead atoms. The van der Waals surface area contributed by atoms with Crippen molar-refractivity contribution >= 4 is 5.78 Å². The second-order valence-electron chi connectivity index (χ2n) is 3.60. The molecular weight excluding hydrogens is 180 g/mol. The summed E-state index contributed by atoms with van der Waals surface area (Å²) >= 11 is 0. The third-order valence-corrected chi connectivity index (χ3v) is 2.35. The molecule has 1 aliphatic heterocycles. The van der Waals surface area contributed by atoms with Crippen LogP contribution in [-0.2, 0) is 11.2 Å². The molecule has 1 heterocycles. The summed E-state index contributed by atoms with van der Waals surface area (Å²) in [5.74, 6) is 1.08. The fourth-order valence-electron chi connectivity index (χ4n) is 1.75. The summed E-state index contributed by atoms with van der Waals surface area (Å²) in [5.41, 5.74) is 0.818. The number of hydrogen-bond acceptors (Lipinski definition) is 3. The van der Waals surface area contributed by atoms with Gasteiger partial charge >= 0.3 is 0 Å². The van der Waals surface area contributed by atoms with E-state index in [1.807, 2.05) is 6.07 Å². The van der Waals surface area contributed by atoms with E-state index in [1.54, 1.807) is 19.1 Å². The van der Waals surface area contributed by atoms with Crippen molar-refractivity contribution in [2.45, 2.75) is 25.9 Å². The second kappa shape index (κ2) is 3.33. The molecule has 0 saturated heterocycles. The van der Waals surface area contributed by atoms with Gasteiger partial charge in [-0.05, 0) is 19.1 Å². The first-order valence-electron chi connectivity index (χ1n) is 4.64. The number of ketones is 1. The Morgan fingerprint density at radius 2 is 2.43 bits per heavy atom. The van der Waals surface area contributed by atoms with E-state index in [2.05, 4.69) is 0 Å². The number of fused-ring (bicyclic) bond motifs is 1. The molecule has 0 amide bonds. The van der Waals surface area contributed by atoms with Crippen LogP contribution in [0.5, 0.6) is 11.5 Å². The molecular formula is C11H12O3. The Kier molecular flexibility index (Phi) is 2.15. The van der Waals surface area contributed by atoms with E-state index in [-0.39, 0.29) is 17.6 Å². The van der Waals surface area contributed by atoms with Crippen LogP contribution < -0.4 is 4.74 Å². The van der Waals surface area contributed by atoms with Crippen LogP contribution in [0.15, 0.2) is 18.2 Å². The molecule has 0 spiro atoms. The van der Waals surface area contributed by atoms with Gasteiger partial charge in [0.1, 0.15) is 23.4 Å². The monoisotopic (exact) mass is 192 g/mol. The number of carbonyl (C=O) groups is 1. The summed E-state index contributed by atoms with van der Waals surface area (Å²) in [5, 5.41) is 9.52. The van der Waals surface area contributed by atoms with Gasteiger partial charge in [-0.1, -0.05) is 6.07 Å². The molecule has 14 heavy (non-hydrogen) atoms. The maximum Gasteiger partial charge on any atom is 0.133 e. The predicted octanol–water partition coefficient (Wildman–Crippen LogP) is 1.67. The first-order valence-corrected chi connectivity index (χ1v) is 4.64. The molecule has 1 N–H and O–H groups in total. The quantitative estimate of drug-likeness (QED) is 0.775. The highest BCUT2D eigenvalue weighted by Gasteiger charge is 2.25. The second-order valence-corrected chi connectivity index (χ2v) is 3.60. The first-order chi connectivity index (χ1) is 6.66. The highest BCUT2D eigenvalue weighted by atomic mass is 16.5. The van der Waals surface area contributed by atoms with Crippen LogP contribution in [-0.4, -0.2) is 17.0 Å². The number of benzene rings is 1. The number of hydrogen-bond donors (Lipinski definition) is 1. The SMILES string of the molecule is CC(=O)CC1Cc2c(O)cccc2O1. The van der Waals surface area contributed by atoms with Crippen LogP contribution >= 0.6 is 0 Å². The zero-order valence-electron chi connectivity index (χ0n) is 7.99. The number of phenols is 1. The van der Waals surface area contributed by atoms with Crippen LogP contribution in [0.3, 0.4) is 0 Å². The zero-order chi connectivity index (χ0) is 10.1. The van der Waals surface area contributed by atoms with E-state index in [0.717, 1.165) is 5.56 Å². The van der Waals surface area contributed by atoms with Gasteiger partial charge in [-0.3, -0.25) is 4.79 Å². The Labute approximate surface area is 82.3 Å². The van der Waals surface area contributed by atoms with E-state index in [1.165, 1.54) is 0 Å². The average molecular weight is 192 g/mol. The van der Waals surface area contributed by atoms with Crippen LogP contribution in [0.2, 0.25) is 0 Å². The fourth-order valence-corrected chi connectivity index (χ4v) is 1.75. The smallest absolute Gasteiger partial charge is 0.133 e. The number of Topliss-reactive ketones (excluding diaryl/α,β-unsaturated/α-hetero) is 1. The summed E-state index contributed by atoms with van der Waals surface area (Å²) in [4.78, 5) is 10.9. The number of rotatable bonds is 2. The molecule has 1 aliphatic rings. The summed E-state index contributed by atoms with van der Waals surface area (Å²) in [6, 6.07) is 5.19. The number of aromatic hydroxyl groups is 1. The number of ether oxygens (including phenoxy) is 1. The Bertz CT molecular complexity index is 371. The summed E-state index contributed by atoms with van der Waals surface area (Å²) < 4.78 is 5.52. The van der Waals surface area contributed by atoms with E-state index in [9.17, 15) is 9.90 Å². The Morgan fingerprint density at radius 3 is 3.07 bits per heavy atom. The molecule has 1 aromatic carbocycles. The molecule has 0 radical (unpaired) electrons. The molecule has 1 aromatic rings. The lowest BCUT2D eigenvalue weighted by Crippen LogP contribution is -2.16. The molecule has 0 aliphatic carbocycles. The maximum absolute atomic E-state index is 10.9. The Hall–Kier alpha value is -1.51. The molecule has 3 nitrogen and oxygen atoms in total. The molecule has 0 aromatic heterocycles. The van der Waals surface area contributed by atoms with Crippen molar-refractivity contribution < 1.29 is 14.6 Å². The fraction of sp³-hybridized carbons (Fsp3) is 0.364. The van der Waals surface area contributed by atoms with Crippen LogP contribution in [0.25, 0.3) is 0 Å². The van der Waals surface area contributed by atoms with Crippen molar-refractivity contribution in [3.05, 3.63) is 23.8 Å². The largest absolute Gasteiger partial charge is 0.508 e. The van der Waals surface area contributed by atoms with Crippen molar-refractivity contribution in [2.24, 2.45) is 0 Å². The van der Waals surface area contributed by atoms with Crippen LogP contribution in [0.4, 0.5) is 0 Å². The van der Waals surface area contributed by atoms with E-state index in [0.29, 0.717) is 18.6 Å². The lowest BCUT2D eigenvalue weighted by atomic mass is 10.1. The highest BCUT2D eigenvalue weighted by Crippen LogP contribution is 2.35. The summed E-state index contributed by atoms with van der Waals surface area (Å²) in [6.07, 6.45) is 0.936. The molecule has 2 rings (SSSR count). The van der Waals surface area contributed by atoms with E-state index in [4.69, 9.17) is 4.74 Å². The lowest BCUT2D eigenvalue weighted by molar-refractivity contribution is -0.118. The van der Waals surface area contributed by atoms with Crippen molar-refractivity contribution in [3.8, 4) is 11.5 Å². The molecule has 0 saturated carbocycles. The normalized spacial score (nSPS) is 18.8. The highest BCUT2D eigenvalue weighted by molar-refractivity contribution is 5.76. The Balaban J connectivity index is 2.18. The van der Waals surface area contributed by atoms with Crippen molar-refractivity contribution in [1.29, 1.82) is 0 Å². The van der Waals surface area contributed by atoms with Gasteiger partial charge in [0, 0.05) is 18.4 Å². The number of carbonyl (C=O) groups excluding carboxylic acids is 1. The average Bonchev–Trinajstić information content (AvgIpc) is 2.47. The van der Waals surface area contributed by atoms with Gasteiger partial charge in [-0.2, -0.15) is 0 Å². The van der Waals surface area contributed by atoms with E-state index >= 15 is 0 Å². The van der Waals surface area contributed by atoms with Gasteiger partial charge in [-0.25, -0.2) is 0 Å². The molecule has 1 atom stereocenters. The minimum Gasteiger partial charge on any atom is -0.508 e. The molecule has 1 unspecified atom stereocenters. The zero-order valence-corrected chi connectivity index (χ0v) is 7.99. The number of phenolic OH excluding ortho intramolecular Hbond substituents is 1. The molecule has 74 valence electrons. The van der Waals surface area contributed by atoms with Crippen LogP contribution in [0, 0.1) is 0 Å². The topological polar surface area (TPSA) is 46.5 Å². The van der Waals surface area contributed by atoms with Crippen molar-refractivity contribution in [2.75, 3.05) is 0 Å². The summed E-state index contributed by atoms with van der Waals surface area (Å²) in [7, 11) is 0. The van der Waals surface area contributed by atoms with Gasteiger partial charge in [0.05, 0.1) is 0 Å². The third kappa shape index (κ3) is 1.58. The van der Waals surface area contributed by atoms with Gasteiger partial charge < -0.3 is 9.84 Å². The molecule has 3 heteroatoms. The van der Waals surface area contributed by atoms with Crippen molar-refractivity contribution in [3.63, 3.8) is 0 Å². The minimum atomic E-state index is -0.101. The standard InChI is InChI=1S/C11H12O3/c1-7(12)5-8-6-9-10(13)3-2-4-11(9)14-8/h2-4,8,13H,5-6H2,1H3. The first kappa shape index (κ1) is 9.06. The summed E-state index contributed by atoms with van der Waals surface area (Å²) in [6.45, 7) is 1.55. The maximum atomic E-state index is 10.9. The lowest BCUT2D eigenvalue weighted by Gasteiger charge is -2.06. The van der Waals surface area contributed by atoms with Gasteiger partial charge in [0.15, 0.2) is 0 Å². The van der Waals surface area contributed by atoms with Crippen LogP contribution in [0.1, 0.15) is 18.9 Å². The van der Waals surface area contributed by atoms with Gasteiger partial charge in [0.25, 0.3) is 0 Å².